The minimum absolute atomic E-state index is 0.120. The normalized spacial score (nSPS) is 10.5. The molecule has 0 spiro atoms. The smallest absolute Gasteiger partial charge is 0.254 e. The summed E-state index contributed by atoms with van der Waals surface area (Å²) in [7, 11) is 3.13. The monoisotopic (exact) mass is 365 g/mol. The van der Waals surface area contributed by atoms with Crippen molar-refractivity contribution in [3.8, 4) is 11.5 Å². The number of carbonyl (C=O) groups is 1. The highest BCUT2D eigenvalue weighted by Gasteiger charge is 2.20. The fourth-order valence-electron chi connectivity index (χ4n) is 2.88. The molecule has 0 saturated heterocycles. The summed E-state index contributed by atoms with van der Waals surface area (Å²) in [5, 5.41) is 0. The summed E-state index contributed by atoms with van der Waals surface area (Å²) in [4.78, 5) is 15.0. The number of rotatable bonds is 7. The Morgan fingerprint density at radius 1 is 0.926 bits per heavy atom. The Hall–Kier alpha value is -3.21. The number of aryl methyl sites for hydroxylation is 1. The van der Waals surface area contributed by atoms with E-state index in [1.807, 2.05) is 49.4 Å². The Balaban J connectivity index is 1.92. The van der Waals surface area contributed by atoms with Gasteiger partial charge < -0.3 is 18.8 Å². The van der Waals surface area contributed by atoms with Gasteiger partial charge in [0.05, 0.1) is 20.8 Å². The highest BCUT2D eigenvalue weighted by atomic mass is 16.5. The van der Waals surface area contributed by atoms with Crippen LogP contribution in [-0.4, -0.2) is 25.0 Å². The van der Waals surface area contributed by atoms with Gasteiger partial charge in [-0.05, 0) is 36.8 Å². The number of hydrogen-bond donors (Lipinski definition) is 0. The third kappa shape index (κ3) is 4.70. The second-order valence-corrected chi connectivity index (χ2v) is 6.26. The Bertz CT molecular complexity index is 879. The van der Waals surface area contributed by atoms with Crippen molar-refractivity contribution >= 4 is 5.91 Å². The molecule has 3 aromatic rings. The van der Waals surface area contributed by atoms with Crippen LogP contribution < -0.4 is 9.47 Å². The van der Waals surface area contributed by atoms with Crippen LogP contribution in [0.2, 0.25) is 0 Å². The molecule has 27 heavy (non-hydrogen) atoms. The topological polar surface area (TPSA) is 51.9 Å². The molecule has 0 N–H and O–H groups in total. The van der Waals surface area contributed by atoms with Crippen molar-refractivity contribution < 1.29 is 18.7 Å². The van der Waals surface area contributed by atoms with Crippen LogP contribution in [0.1, 0.15) is 27.4 Å². The molecule has 0 radical (unpaired) electrons. The molecule has 0 atom stereocenters. The van der Waals surface area contributed by atoms with Crippen LogP contribution in [0.4, 0.5) is 0 Å². The van der Waals surface area contributed by atoms with E-state index in [0.717, 1.165) is 17.1 Å². The predicted octanol–water partition coefficient (Wildman–Crippen LogP) is 4.45. The van der Waals surface area contributed by atoms with Gasteiger partial charge in [0.15, 0.2) is 0 Å². The minimum atomic E-state index is -0.120. The van der Waals surface area contributed by atoms with E-state index in [9.17, 15) is 4.79 Å². The van der Waals surface area contributed by atoms with Gasteiger partial charge in [0.2, 0.25) is 0 Å². The van der Waals surface area contributed by atoms with Gasteiger partial charge in [0.25, 0.3) is 5.91 Å². The average Bonchev–Trinajstić information content (AvgIpc) is 3.12. The summed E-state index contributed by atoms with van der Waals surface area (Å²) in [6.07, 6.45) is 0. The van der Waals surface area contributed by atoms with Crippen molar-refractivity contribution in [1.82, 2.24) is 4.90 Å². The van der Waals surface area contributed by atoms with Crippen LogP contribution in [-0.2, 0) is 13.1 Å². The maximum Gasteiger partial charge on any atom is 0.254 e. The standard InChI is InChI=1S/C22H23NO4/c1-16-9-10-19(27-16)15-23(14-17-7-5-4-6-8-17)22(24)18-11-20(25-2)13-21(12-18)26-3/h4-13H,14-15H2,1-3H3. The lowest BCUT2D eigenvalue weighted by molar-refractivity contribution is 0.0716. The zero-order valence-electron chi connectivity index (χ0n) is 15.8. The van der Waals surface area contributed by atoms with Crippen molar-refractivity contribution in [2.75, 3.05) is 14.2 Å². The van der Waals surface area contributed by atoms with Crippen molar-refractivity contribution in [2.24, 2.45) is 0 Å². The zero-order valence-corrected chi connectivity index (χ0v) is 15.8. The number of nitrogens with zero attached hydrogens (tertiary/aromatic N) is 1. The number of amides is 1. The van der Waals surface area contributed by atoms with E-state index in [1.54, 1.807) is 37.3 Å². The first-order chi connectivity index (χ1) is 13.1. The molecule has 140 valence electrons. The molecular formula is C22H23NO4. The molecule has 0 aliphatic carbocycles. The van der Waals surface area contributed by atoms with E-state index < -0.39 is 0 Å². The second kappa shape index (κ2) is 8.45. The Morgan fingerprint density at radius 3 is 2.15 bits per heavy atom. The summed E-state index contributed by atoms with van der Waals surface area (Å²) in [5.41, 5.74) is 1.55. The fourth-order valence-corrected chi connectivity index (χ4v) is 2.88. The second-order valence-electron chi connectivity index (χ2n) is 6.26. The predicted molar refractivity (Wildman–Crippen MR) is 103 cm³/mol. The molecule has 1 amide bonds. The van der Waals surface area contributed by atoms with Crippen LogP contribution in [0, 0.1) is 6.92 Å². The summed E-state index contributed by atoms with van der Waals surface area (Å²) < 4.78 is 16.3. The van der Waals surface area contributed by atoms with Gasteiger partial charge in [-0.25, -0.2) is 0 Å². The molecule has 3 rings (SSSR count). The van der Waals surface area contributed by atoms with Crippen LogP contribution in [0.5, 0.6) is 11.5 Å². The third-order valence-corrected chi connectivity index (χ3v) is 4.24. The highest BCUT2D eigenvalue weighted by molar-refractivity contribution is 5.95. The largest absolute Gasteiger partial charge is 0.497 e. The van der Waals surface area contributed by atoms with E-state index in [1.165, 1.54) is 0 Å². The van der Waals surface area contributed by atoms with Crippen LogP contribution >= 0.6 is 0 Å². The maximum atomic E-state index is 13.3. The molecule has 0 bridgehead atoms. The molecule has 0 fully saturated rings. The lowest BCUT2D eigenvalue weighted by atomic mass is 10.1. The third-order valence-electron chi connectivity index (χ3n) is 4.24. The van der Waals surface area contributed by atoms with E-state index in [-0.39, 0.29) is 5.91 Å². The van der Waals surface area contributed by atoms with Gasteiger partial charge in [-0.2, -0.15) is 0 Å². The molecule has 5 heteroatoms. The van der Waals surface area contributed by atoms with E-state index >= 15 is 0 Å². The summed E-state index contributed by atoms with van der Waals surface area (Å²) in [6.45, 7) is 2.74. The zero-order chi connectivity index (χ0) is 19.2. The average molecular weight is 365 g/mol. The van der Waals surface area contributed by atoms with Crippen LogP contribution in [0.3, 0.4) is 0 Å². The molecule has 1 aromatic heterocycles. The molecule has 2 aromatic carbocycles. The lowest BCUT2D eigenvalue weighted by Gasteiger charge is -2.22. The molecule has 0 aliphatic heterocycles. The first-order valence-electron chi connectivity index (χ1n) is 8.70. The number of ether oxygens (including phenoxy) is 2. The number of methoxy groups -OCH3 is 2. The molecule has 0 unspecified atom stereocenters. The molecule has 1 heterocycles. The van der Waals surface area contributed by atoms with E-state index in [4.69, 9.17) is 13.9 Å². The number of carbonyl (C=O) groups excluding carboxylic acids is 1. The van der Waals surface area contributed by atoms with Crippen molar-refractivity contribution in [3.63, 3.8) is 0 Å². The molecule has 5 nitrogen and oxygen atoms in total. The summed E-state index contributed by atoms with van der Waals surface area (Å²) in [5.74, 6) is 2.59. The minimum Gasteiger partial charge on any atom is -0.497 e. The summed E-state index contributed by atoms with van der Waals surface area (Å²) >= 11 is 0. The first-order valence-corrected chi connectivity index (χ1v) is 8.70. The molecule has 0 saturated carbocycles. The Labute approximate surface area is 159 Å². The Morgan fingerprint density at radius 2 is 1.59 bits per heavy atom. The van der Waals surface area contributed by atoms with Crippen LogP contribution in [0.15, 0.2) is 65.1 Å². The number of benzene rings is 2. The summed E-state index contributed by atoms with van der Waals surface area (Å²) in [6, 6.07) is 18.9. The van der Waals surface area contributed by atoms with Gasteiger partial charge in [0, 0.05) is 18.2 Å². The highest BCUT2D eigenvalue weighted by Crippen LogP contribution is 2.25. The van der Waals surface area contributed by atoms with E-state index in [0.29, 0.717) is 30.2 Å². The van der Waals surface area contributed by atoms with Crippen LogP contribution in [0.25, 0.3) is 0 Å². The van der Waals surface area contributed by atoms with Gasteiger partial charge in [0.1, 0.15) is 23.0 Å². The molecule has 0 aliphatic rings. The quantitative estimate of drug-likeness (QED) is 0.621. The molecular weight excluding hydrogens is 342 g/mol. The van der Waals surface area contributed by atoms with Gasteiger partial charge in [-0.15, -0.1) is 0 Å². The van der Waals surface area contributed by atoms with Gasteiger partial charge in [-0.1, -0.05) is 30.3 Å². The maximum absolute atomic E-state index is 13.3. The van der Waals surface area contributed by atoms with Crippen molar-refractivity contribution in [1.29, 1.82) is 0 Å². The van der Waals surface area contributed by atoms with E-state index in [2.05, 4.69) is 0 Å². The SMILES string of the molecule is COc1cc(OC)cc(C(=O)N(Cc2ccccc2)Cc2ccc(C)o2)c1. The fraction of sp³-hybridized carbons (Fsp3) is 0.227. The van der Waals surface area contributed by atoms with Gasteiger partial charge >= 0.3 is 0 Å². The van der Waals surface area contributed by atoms with Crippen molar-refractivity contribution in [3.05, 3.63) is 83.3 Å². The lowest BCUT2D eigenvalue weighted by Crippen LogP contribution is -2.30. The number of hydrogen-bond acceptors (Lipinski definition) is 4. The number of furan rings is 1. The van der Waals surface area contributed by atoms with Crippen molar-refractivity contribution in [2.45, 2.75) is 20.0 Å². The van der Waals surface area contributed by atoms with Gasteiger partial charge in [-0.3, -0.25) is 4.79 Å². The first kappa shape index (κ1) is 18.6. The Kier molecular flexibility index (Phi) is 5.81.